The van der Waals surface area contributed by atoms with E-state index >= 15 is 0 Å². The summed E-state index contributed by atoms with van der Waals surface area (Å²) < 4.78 is 0. The first-order valence-corrected chi connectivity index (χ1v) is 5.04. The molecule has 0 fully saturated rings. The smallest absolute Gasteiger partial charge is 0.255 e. The number of aryl methyl sites for hydroxylation is 1. The number of nitrogens with two attached hydrogens (primary N) is 1. The van der Waals surface area contributed by atoms with Gasteiger partial charge in [0, 0.05) is 18.2 Å². The molecule has 0 aliphatic carbocycles. The molecule has 0 spiro atoms. The number of hydrogen-bond donors (Lipinski definition) is 2. The Morgan fingerprint density at radius 2 is 2.00 bits per heavy atom. The van der Waals surface area contributed by atoms with Crippen LogP contribution in [0.3, 0.4) is 0 Å². The molecular formula is C12H13N3O. The molecule has 0 atom stereocenters. The molecule has 2 aromatic rings. The maximum Gasteiger partial charge on any atom is 0.255 e. The van der Waals surface area contributed by atoms with Gasteiger partial charge in [0.1, 0.15) is 0 Å². The second-order valence-electron chi connectivity index (χ2n) is 3.79. The van der Waals surface area contributed by atoms with Crippen LogP contribution in [0.25, 0.3) is 0 Å². The average molecular weight is 215 g/mol. The van der Waals surface area contributed by atoms with E-state index in [0.717, 1.165) is 5.56 Å². The molecule has 0 saturated heterocycles. The number of nitrogen functional groups attached to an aromatic ring is 1. The van der Waals surface area contributed by atoms with Crippen molar-refractivity contribution in [2.24, 2.45) is 0 Å². The van der Waals surface area contributed by atoms with Gasteiger partial charge >= 0.3 is 0 Å². The maximum atomic E-state index is 11.5. The summed E-state index contributed by atoms with van der Waals surface area (Å²) in [6, 6.07) is 8.05. The number of rotatable bonds is 2. The molecule has 1 heterocycles. The van der Waals surface area contributed by atoms with Crippen LogP contribution in [-0.2, 0) is 6.42 Å². The molecule has 0 aliphatic rings. The zero-order chi connectivity index (χ0) is 11.5. The fourth-order valence-corrected chi connectivity index (χ4v) is 1.49. The first-order valence-electron chi connectivity index (χ1n) is 5.04. The molecule has 1 aromatic heterocycles. The summed E-state index contributed by atoms with van der Waals surface area (Å²) in [5.74, 6) is 0.151. The summed E-state index contributed by atoms with van der Waals surface area (Å²) in [4.78, 5) is 17.9. The number of aromatic nitrogens is 2. The Kier molecular flexibility index (Phi) is 2.72. The van der Waals surface area contributed by atoms with E-state index in [1.807, 2.05) is 31.2 Å². The second kappa shape index (κ2) is 4.18. The van der Waals surface area contributed by atoms with Gasteiger partial charge in [-0.25, -0.2) is 4.98 Å². The number of nitrogens with one attached hydrogen (secondary N) is 1. The fourth-order valence-electron chi connectivity index (χ4n) is 1.49. The maximum absolute atomic E-state index is 11.5. The zero-order valence-electron chi connectivity index (χ0n) is 9.03. The predicted molar refractivity (Wildman–Crippen MR) is 63.3 cm³/mol. The number of benzene rings is 1. The Morgan fingerprint density at radius 3 is 2.62 bits per heavy atom. The van der Waals surface area contributed by atoms with Crippen LogP contribution in [0, 0.1) is 6.92 Å². The van der Waals surface area contributed by atoms with Crippen molar-refractivity contribution in [3.05, 3.63) is 57.5 Å². The van der Waals surface area contributed by atoms with Crippen molar-refractivity contribution in [1.29, 1.82) is 0 Å². The lowest BCUT2D eigenvalue weighted by Gasteiger charge is -2.01. The number of nitrogens with zero attached hydrogens (tertiary/aromatic N) is 1. The predicted octanol–water partition coefficient (Wildman–Crippen LogP) is 1.25. The van der Waals surface area contributed by atoms with Gasteiger partial charge in [-0.1, -0.05) is 29.8 Å². The molecule has 1 aromatic carbocycles. The Balaban J connectivity index is 2.27. The summed E-state index contributed by atoms with van der Waals surface area (Å²) in [5, 5.41) is 0. The van der Waals surface area contributed by atoms with E-state index in [4.69, 9.17) is 5.73 Å². The van der Waals surface area contributed by atoms with Crippen molar-refractivity contribution in [1.82, 2.24) is 9.97 Å². The van der Waals surface area contributed by atoms with E-state index < -0.39 is 0 Å². The van der Waals surface area contributed by atoms with Gasteiger partial charge in [-0.05, 0) is 12.5 Å². The number of H-pyrrole nitrogens is 1. The van der Waals surface area contributed by atoms with Gasteiger partial charge in [0.05, 0.1) is 0 Å². The molecule has 16 heavy (non-hydrogen) atoms. The SMILES string of the molecule is Cc1ccc(Cc2cnc(N)[nH]c2=O)cc1. The topological polar surface area (TPSA) is 71.8 Å². The van der Waals surface area contributed by atoms with Crippen molar-refractivity contribution < 1.29 is 0 Å². The lowest BCUT2D eigenvalue weighted by Crippen LogP contribution is -2.15. The summed E-state index contributed by atoms with van der Waals surface area (Å²) in [7, 11) is 0. The minimum Gasteiger partial charge on any atom is -0.369 e. The normalized spacial score (nSPS) is 10.3. The summed E-state index contributed by atoms with van der Waals surface area (Å²) in [5.41, 5.74) is 8.11. The van der Waals surface area contributed by atoms with E-state index in [9.17, 15) is 4.79 Å². The third kappa shape index (κ3) is 2.28. The summed E-state index contributed by atoms with van der Waals surface area (Å²) in [6.07, 6.45) is 2.09. The molecular weight excluding hydrogens is 202 g/mol. The van der Waals surface area contributed by atoms with E-state index in [-0.39, 0.29) is 11.5 Å². The Bertz CT molecular complexity index is 543. The minimum atomic E-state index is -0.173. The molecule has 0 radical (unpaired) electrons. The van der Waals surface area contributed by atoms with Crippen molar-refractivity contribution in [2.75, 3.05) is 5.73 Å². The third-order valence-corrected chi connectivity index (χ3v) is 2.41. The molecule has 0 aliphatic heterocycles. The van der Waals surface area contributed by atoms with Gasteiger partial charge < -0.3 is 5.73 Å². The highest BCUT2D eigenvalue weighted by molar-refractivity contribution is 5.27. The summed E-state index contributed by atoms with van der Waals surface area (Å²) >= 11 is 0. The quantitative estimate of drug-likeness (QED) is 0.792. The second-order valence-corrected chi connectivity index (χ2v) is 3.79. The van der Waals surface area contributed by atoms with E-state index in [0.29, 0.717) is 12.0 Å². The zero-order valence-corrected chi connectivity index (χ0v) is 9.03. The van der Waals surface area contributed by atoms with E-state index in [2.05, 4.69) is 9.97 Å². The fraction of sp³-hybridized carbons (Fsp3) is 0.167. The largest absolute Gasteiger partial charge is 0.369 e. The third-order valence-electron chi connectivity index (χ3n) is 2.41. The van der Waals surface area contributed by atoms with Gasteiger partial charge in [0.25, 0.3) is 5.56 Å². The van der Waals surface area contributed by atoms with Crippen LogP contribution in [-0.4, -0.2) is 9.97 Å². The first kappa shape index (κ1) is 10.4. The monoisotopic (exact) mass is 215 g/mol. The van der Waals surface area contributed by atoms with Crippen molar-refractivity contribution >= 4 is 5.95 Å². The Hall–Kier alpha value is -2.10. The highest BCUT2D eigenvalue weighted by Crippen LogP contribution is 2.07. The highest BCUT2D eigenvalue weighted by atomic mass is 16.1. The van der Waals surface area contributed by atoms with E-state index in [1.54, 1.807) is 0 Å². The molecule has 2 rings (SSSR count). The molecule has 0 saturated carbocycles. The molecule has 0 bridgehead atoms. The van der Waals surface area contributed by atoms with Crippen LogP contribution < -0.4 is 11.3 Å². The molecule has 82 valence electrons. The van der Waals surface area contributed by atoms with Gasteiger partial charge in [-0.15, -0.1) is 0 Å². The lowest BCUT2D eigenvalue weighted by molar-refractivity contribution is 1.04. The Labute approximate surface area is 93.2 Å². The summed E-state index contributed by atoms with van der Waals surface area (Å²) in [6.45, 7) is 2.03. The highest BCUT2D eigenvalue weighted by Gasteiger charge is 2.02. The first-order chi connectivity index (χ1) is 7.65. The van der Waals surface area contributed by atoms with Crippen LogP contribution in [0.2, 0.25) is 0 Å². The molecule has 4 heteroatoms. The number of aromatic amines is 1. The van der Waals surface area contributed by atoms with Crippen molar-refractivity contribution in [3.8, 4) is 0 Å². The molecule has 4 nitrogen and oxygen atoms in total. The van der Waals surface area contributed by atoms with Crippen molar-refractivity contribution in [3.63, 3.8) is 0 Å². The van der Waals surface area contributed by atoms with Crippen LogP contribution in [0.1, 0.15) is 16.7 Å². The molecule has 0 amide bonds. The van der Waals surface area contributed by atoms with Crippen LogP contribution >= 0.6 is 0 Å². The van der Waals surface area contributed by atoms with Crippen LogP contribution in [0.4, 0.5) is 5.95 Å². The standard InChI is InChI=1S/C12H13N3O/c1-8-2-4-9(5-3-8)6-10-7-14-12(13)15-11(10)16/h2-5,7H,6H2,1H3,(H3,13,14,15,16). The lowest BCUT2D eigenvalue weighted by atomic mass is 10.1. The number of hydrogen-bond acceptors (Lipinski definition) is 3. The van der Waals surface area contributed by atoms with Gasteiger partial charge in [0.15, 0.2) is 5.95 Å². The molecule has 3 N–H and O–H groups in total. The van der Waals surface area contributed by atoms with Gasteiger partial charge in [0.2, 0.25) is 0 Å². The van der Waals surface area contributed by atoms with E-state index in [1.165, 1.54) is 11.8 Å². The van der Waals surface area contributed by atoms with Crippen LogP contribution in [0.5, 0.6) is 0 Å². The van der Waals surface area contributed by atoms with Gasteiger partial charge in [-0.2, -0.15) is 0 Å². The minimum absolute atomic E-state index is 0.151. The van der Waals surface area contributed by atoms with Crippen LogP contribution in [0.15, 0.2) is 35.3 Å². The average Bonchev–Trinajstić information content (AvgIpc) is 2.25. The van der Waals surface area contributed by atoms with Crippen molar-refractivity contribution in [2.45, 2.75) is 13.3 Å². The molecule has 0 unspecified atom stereocenters. The Morgan fingerprint density at radius 1 is 1.31 bits per heavy atom. The number of anilines is 1. The van der Waals surface area contributed by atoms with Gasteiger partial charge in [-0.3, -0.25) is 9.78 Å².